The van der Waals surface area contributed by atoms with Gasteiger partial charge in [-0.3, -0.25) is 0 Å². The zero-order valence-corrected chi connectivity index (χ0v) is 12.6. The third kappa shape index (κ3) is 2.81. The lowest BCUT2D eigenvalue weighted by Gasteiger charge is -2.13. The van der Waals surface area contributed by atoms with Gasteiger partial charge in [0.25, 0.3) is 0 Å². The molecule has 1 unspecified atom stereocenters. The third-order valence-electron chi connectivity index (χ3n) is 3.40. The second-order valence-electron chi connectivity index (χ2n) is 4.69. The first-order valence-corrected chi connectivity index (χ1v) is 6.84. The molecule has 0 aliphatic carbocycles. The summed E-state index contributed by atoms with van der Waals surface area (Å²) in [5.74, 6) is 1.59. The van der Waals surface area contributed by atoms with Crippen LogP contribution in [0.15, 0.2) is 22.6 Å². The van der Waals surface area contributed by atoms with Crippen LogP contribution in [0.1, 0.15) is 34.3 Å². The Balaban J connectivity index is 2.31. The summed E-state index contributed by atoms with van der Waals surface area (Å²) in [6.45, 7) is 5.70. The van der Waals surface area contributed by atoms with Crippen molar-refractivity contribution in [1.29, 1.82) is 0 Å². The molecule has 2 rings (SSSR count). The van der Waals surface area contributed by atoms with E-state index in [4.69, 9.17) is 27.6 Å². The standard InChI is InChI=1S/C15H16Cl2O2/c1-8-9(2)19-10(3)14(8)13(18)7-11-5-4-6-12(16)15(11)17/h4-6,13,18H,7H2,1-3H3. The molecule has 102 valence electrons. The summed E-state index contributed by atoms with van der Waals surface area (Å²) < 4.78 is 5.54. The van der Waals surface area contributed by atoms with Gasteiger partial charge in [0.15, 0.2) is 0 Å². The molecular weight excluding hydrogens is 283 g/mol. The predicted molar refractivity (Wildman–Crippen MR) is 78.0 cm³/mol. The van der Waals surface area contributed by atoms with Crippen LogP contribution in [-0.4, -0.2) is 5.11 Å². The molecule has 0 aliphatic rings. The number of aliphatic hydroxyl groups is 1. The number of aliphatic hydroxyl groups excluding tert-OH is 1. The number of benzene rings is 1. The minimum atomic E-state index is -0.645. The second kappa shape index (κ2) is 5.58. The molecular formula is C15H16Cl2O2. The van der Waals surface area contributed by atoms with Crippen LogP contribution in [0.2, 0.25) is 10.0 Å². The number of hydrogen-bond donors (Lipinski definition) is 1. The predicted octanol–water partition coefficient (Wildman–Crippen LogP) is 4.79. The molecule has 2 nitrogen and oxygen atoms in total. The maximum absolute atomic E-state index is 10.4. The molecule has 4 heteroatoms. The van der Waals surface area contributed by atoms with E-state index in [-0.39, 0.29) is 0 Å². The summed E-state index contributed by atoms with van der Waals surface area (Å²) >= 11 is 12.1. The molecule has 0 spiro atoms. The Morgan fingerprint density at radius 1 is 1.16 bits per heavy atom. The van der Waals surface area contributed by atoms with E-state index in [1.165, 1.54) is 0 Å². The van der Waals surface area contributed by atoms with E-state index in [2.05, 4.69) is 0 Å². The van der Waals surface area contributed by atoms with Crippen LogP contribution in [0.4, 0.5) is 0 Å². The molecule has 0 radical (unpaired) electrons. The quantitative estimate of drug-likeness (QED) is 0.884. The highest BCUT2D eigenvalue weighted by molar-refractivity contribution is 6.42. The van der Waals surface area contributed by atoms with Gasteiger partial charge in [0.1, 0.15) is 11.5 Å². The maximum Gasteiger partial charge on any atom is 0.107 e. The molecule has 0 saturated carbocycles. The van der Waals surface area contributed by atoms with Crippen molar-refractivity contribution in [3.05, 3.63) is 56.5 Å². The van der Waals surface area contributed by atoms with Crippen molar-refractivity contribution in [3.63, 3.8) is 0 Å². The van der Waals surface area contributed by atoms with Crippen LogP contribution in [-0.2, 0) is 6.42 Å². The van der Waals surface area contributed by atoms with E-state index >= 15 is 0 Å². The largest absolute Gasteiger partial charge is 0.466 e. The van der Waals surface area contributed by atoms with Gasteiger partial charge in [0, 0.05) is 12.0 Å². The average molecular weight is 299 g/mol. The van der Waals surface area contributed by atoms with Gasteiger partial charge in [-0.25, -0.2) is 0 Å². The summed E-state index contributed by atoms with van der Waals surface area (Å²) in [7, 11) is 0. The molecule has 0 fully saturated rings. The fourth-order valence-electron chi connectivity index (χ4n) is 2.32. The van der Waals surface area contributed by atoms with Crippen molar-refractivity contribution in [2.75, 3.05) is 0 Å². The smallest absolute Gasteiger partial charge is 0.107 e. The van der Waals surface area contributed by atoms with E-state index in [9.17, 15) is 5.11 Å². The van der Waals surface area contributed by atoms with Gasteiger partial charge in [0.05, 0.1) is 16.1 Å². The van der Waals surface area contributed by atoms with Gasteiger partial charge >= 0.3 is 0 Å². The topological polar surface area (TPSA) is 33.4 Å². The molecule has 0 aliphatic heterocycles. The van der Waals surface area contributed by atoms with Crippen molar-refractivity contribution in [2.24, 2.45) is 0 Å². The Morgan fingerprint density at radius 2 is 1.84 bits per heavy atom. The third-order valence-corrected chi connectivity index (χ3v) is 4.25. The lowest BCUT2D eigenvalue weighted by molar-refractivity contribution is 0.176. The van der Waals surface area contributed by atoms with Gasteiger partial charge < -0.3 is 9.52 Å². The van der Waals surface area contributed by atoms with E-state index in [1.807, 2.05) is 32.9 Å². The van der Waals surface area contributed by atoms with Gasteiger partial charge in [-0.05, 0) is 38.0 Å². The van der Waals surface area contributed by atoms with Gasteiger partial charge in [-0.15, -0.1) is 0 Å². The Kier molecular flexibility index (Phi) is 4.24. The van der Waals surface area contributed by atoms with E-state index < -0.39 is 6.10 Å². The number of hydrogen-bond acceptors (Lipinski definition) is 2. The summed E-state index contributed by atoms with van der Waals surface area (Å²) in [6.07, 6.45) is -0.228. The first-order valence-electron chi connectivity index (χ1n) is 6.09. The Bertz CT molecular complexity index is 602. The van der Waals surface area contributed by atoms with Gasteiger partial charge in [-0.1, -0.05) is 35.3 Å². The lowest BCUT2D eigenvalue weighted by Crippen LogP contribution is -2.04. The first kappa shape index (κ1) is 14.4. The number of furan rings is 1. The summed E-state index contributed by atoms with van der Waals surface area (Å²) in [5.41, 5.74) is 2.66. The van der Waals surface area contributed by atoms with Gasteiger partial charge in [-0.2, -0.15) is 0 Å². The fourth-order valence-corrected chi connectivity index (χ4v) is 2.71. The van der Waals surface area contributed by atoms with Crippen molar-refractivity contribution in [3.8, 4) is 0 Å². The molecule has 1 heterocycles. The number of rotatable bonds is 3. The first-order chi connectivity index (χ1) is 8.91. The molecule has 0 bridgehead atoms. The van der Waals surface area contributed by atoms with Crippen LogP contribution in [0.25, 0.3) is 0 Å². The highest BCUT2D eigenvalue weighted by Gasteiger charge is 2.20. The lowest BCUT2D eigenvalue weighted by atomic mass is 9.98. The molecule has 0 amide bonds. The molecule has 1 atom stereocenters. The monoisotopic (exact) mass is 298 g/mol. The number of halogens is 2. The maximum atomic E-state index is 10.4. The molecule has 0 saturated heterocycles. The number of aryl methyl sites for hydroxylation is 2. The summed E-state index contributed by atoms with van der Waals surface area (Å²) in [6, 6.07) is 5.43. The minimum absolute atomic E-state index is 0.417. The van der Waals surface area contributed by atoms with Gasteiger partial charge in [0.2, 0.25) is 0 Å². The zero-order valence-electron chi connectivity index (χ0n) is 11.1. The minimum Gasteiger partial charge on any atom is -0.466 e. The van der Waals surface area contributed by atoms with Crippen LogP contribution in [0.3, 0.4) is 0 Å². The van der Waals surface area contributed by atoms with Crippen molar-refractivity contribution < 1.29 is 9.52 Å². The normalized spacial score (nSPS) is 12.7. The fraction of sp³-hybridized carbons (Fsp3) is 0.333. The van der Waals surface area contributed by atoms with E-state index in [0.29, 0.717) is 16.5 Å². The molecule has 1 aromatic carbocycles. The Morgan fingerprint density at radius 3 is 2.42 bits per heavy atom. The van der Waals surface area contributed by atoms with Crippen LogP contribution in [0.5, 0.6) is 0 Å². The van der Waals surface area contributed by atoms with Crippen molar-refractivity contribution in [2.45, 2.75) is 33.3 Å². The Labute approximate surface area is 123 Å². The van der Waals surface area contributed by atoms with E-state index in [0.717, 1.165) is 28.2 Å². The zero-order chi connectivity index (χ0) is 14.2. The van der Waals surface area contributed by atoms with E-state index in [1.54, 1.807) is 6.07 Å². The van der Waals surface area contributed by atoms with Crippen LogP contribution >= 0.6 is 23.2 Å². The van der Waals surface area contributed by atoms with Crippen LogP contribution in [0, 0.1) is 20.8 Å². The second-order valence-corrected chi connectivity index (χ2v) is 5.47. The SMILES string of the molecule is Cc1oc(C)c(C(O)Cc2cccc(Cl)c2Cl)c1C. The van der Waals surface area contributed by atoms with Crippen molar-refractivity contribution in [1.82, 2.24) is 0 Å². The molecule has 19 heavy (non-hydrogen) atoms. The van der Waals surface area contributed by atoms with Crippen LogP contribution < -0.4 is 0 Å². The van der Waals surface area contributed by atoms with Crippen molar-refractivity contribution >= 4 is 23.2 Å². The molecule has 2 aromatic rings. The molecule has 1 aromatic heterocycles. The highest BCUT2D eigenvalue weighted by Crippen LogP contribution is 2.32. The summed E-state index contributed by atoms with van der Waals surface area (Å²) in [4.78, 5) is 0. The molecule has 1 N–H and O–H groups in total. The Hall–Kier alpha value is -0.960. The summed E-state index contributed by atoms with van der Waals surface area (Å²) in [5, 5.41) is 11.4. The average Bonchev–Trinajstić information content (AvgIpc) is 2.59. The highest BCUT2D eigenvalue weighted by atomic mass is 35.5.